The van der Waals surface area contributed by atoms with Crippen molar-refractivity contribution in [3.63, 3.8) is 0 Å². The van der Waals surface area contributed by atoms with E-state index in [-0.39, 0.29) is 0 Å². The van der Waals surface area contributed by atoms with Gasteiger partial charge < -0.3 is 4.74 Å². The van der Waals surface area contributed by atoms with Gasteiger partial charge in [-0.3, -0.25) is 4.98 Å². The minimum Gasteiger partial charge on any atom is -0.462 e. The number of aromatic nitrogens is 3. The topological polar surface area (TPSA) is 65.0 Å². The minimum atomic E-state index is -0.392. The second-order valence-electron chi connectivity index (χ2n) is 4.39. The lowest BCUT2D eigenvalue weighted by molar-refractivity contribution is 0.0524. The van der Waals surface area contributed by atoms with Crippen LogP contribution in [0.2, 0.25) is 5.02 Å². The molecule has 110 valence electrons. The van der Waals surface area contributed by atoms with Gasteiger partial charge in [0.25, 0.3) is 0 Å². The van der Waals surface area contributed by atoms with Gasteiger partial charge in [-0.25, -0.2) is 14.8 Å². The third kappa shape index (κ3) is 3.76. The van der Waals surface area contributed by atoms with Crippen LogP contribution in [0.15, 0.2) is 24.5 Å². The number of pyridine rings is 1. The van der Waals surface area contributed by atoms with Gasteiger partial charge in [-0.15, -0.1) is 0 Å². The predicted octanol–water partition coefficient (Wildman–Crippen LogP) is 3.32. The van der Waals surface area contributed by atoms with Crippen LogP contribution in [0.4, 0.5) is 0 Å². The number of aryl methyl sites for hydroxylation is 1. The molecule has 0 bridgehead atoms. The smallest absolute Gasteiger partial charge is 0.341 e. The summed E-state index contributed by atoms with van der Waals surface area (Å²) in [4.78, 5) is 24.7. The highest BCUT2D eigenvalue weighted by molar-refractivity contribution is 6.30. The molecule has 0 atom stereocenters. The van der Waals surface area contributed by atoms with Gasteiger partial charge in [0.05, 0.1) is 22.9 Å². The summed E-state index contributed by atoms with van der Waals surface area (Å²) in [5.41, 5.74) is 1.71. The van der Waals surface area contributed by atoms with Gasteiger partial charge in [-0.05, 0) is 25.5 Å². The van der Waals surface area contributed by atoms with Crippen LogP contribution in [0, 0.1) is 0 Å². The van der Waals surface area contributed by atoms with E-state index < -0.39 is 5.97 Å². The molecule has 0 saturated heterocycles. The van der Waals surface area contributed by atoms with Crippen molar-refractivity contribution in [1.29, 1.82) is 0 Å². The van der Waals surface area contributed by atoms with Crippen molar-refractivity contribution in [1.82, 2.24) is 15.0 Å². The minimum absolute atomic E-state index is 0.324. The van der Waals surface area contributed by atoms with Gasteiger partial charge in [0.1, 0.15) is 5.69 Å². The van der Waals surface area contributed by atoms with Crippen LogP contribution in [0.1, 0.15) is 36.3 Å². The standard InChI is InChI=1S/C15H16ClN3O2/c1-3-5-12-11(15(20)21-4-2)9-18-14(19-12)13-7-6-10(16)8-17-13/h6-9H,3-5H2,1-2H3. The maximum absolute atomic E-state index is 11.9. The number of halogens is 1. The number of hydrogen-bond acceptors (Lipinski definition) is 5. The monoisotopic (exact) mass is 305 g/mol. The number of esters is 1. The number of hydrogen-bond donors (Lipinski definition) is 0. The Morgan fingerprint density at radius 1 is 1.24 bits per heavy atom. The number of carbonyl (C=O) groups is 1. The summed E-state index contributed by atoms with van der Waals surface area (Å²) in [6.07, 6.45) is 4.59. The molecule has 0 amide bonds. The second-order valence-corrected chi connectivity index (χ2v) is 4.82. The Labute approximate surface area is 128 Å². The van der Waals surface area contributed by atoms with Crippen LogP contribution in [-0.2, 0) is 11.2 Å². The first kappa shape index (κ1) is 15.4. The van der Waals surface area contributed by atoms with E-state index in [2.05, 4.69) is 15.0 Å². The number of nitrogens with zero attached hydrogens (tertiary/aromatic N) is 3. The zero-order valence-corrected chi connectivity index (χ0v) is 12.7. The lowest BCUT2D eigenvalue weighted by atomic mass is 10.1. The van der Waals surface area contributed by atoms with Crippen LogP contribution in [0.25, 0.3) is 11.5 Å². The van der Waals surface area contributed by atoms with Crippen molar-refractivity contribution in [2.45, 2.75) is 26.7 Å². The van der Waals surface area contributed by atoms with Crippen molar-refractivity contribution in [2.75, 3.05) is 6.61 Å². The average Bonchev–Trinajstić information content (AvgIpc) is 2.48. The van der Waals surface area contributed by atoms with E-state index in [1.54, 1.807) is 25.3 Å². The number of ether oxygens (including phenoxy) is 1. The maximum Gasteiger partial charge on any atom is 0.341 e. The zero-order chi connectivity index (χ0) is 15.2. The van der Waals surface area contributed by atoms with Crippen LogP contribution < -0.4 is 0 Å². The molecule has 2 aromatic rings. The molecule has 0 aromatic carbocycles. The Morgan fingerprint density at radius 2 is 2.05 bits per heavy atom. The normalized spacial score (nSPS) is 10.4. The maximum atomic E-state index is 11.9. The molecule has 0 aliphatic heterocycles. The van der Waals surface area contributed by atoms with Crippen molar-refractivity contribution < 1.29 is 9.53 Å². The summed E-state index contributed by atoms with van der Waals surface area (Å²) in [5.74, 6) is 0.0831. The van der Waals surface area contributed by atoms with E-state index in [0.29, 0.717) is 40.8 Å². The third-order valence-corrected chi connectivity index (χ3v) is 3.03. The van der Waals surface area contributed by atoms with E-state index >= 15 is 0 Å². The lowest BCUT2D eigenvalue weighted by Crippen LogP contribution is -2.11. The van der Waals surface area contributed by atoms with Gasteiger partial charge in [0.2, 0.25) is 0 Å². The van der Waals surface area contributed by atoms with E-state index in [9.17, 15) is 4.79 Å². The van der Waals surface area contributed by atoms with E-state index in [4.69, 9.17) is 16.3 Å². The Balaban J connectivity index is 2.39. The molecular formula is C15H16ClN3O2. The molecule has 0 fully saturated rings. The van der Waals surface area contributed by atoms with Crippen molar-refractivity contribution in [2.24, 2.45) is 0 Å². The quantitative estimate of drug-likeness (QED) is 0.793. The van der Waals surface area contributed by atoms with Crippen molar-refractivity contribution in [3.8, 4) is 11.5 Å². The molecule has 2 aromatic heterocycles. The molecule has 0 aliphatic rings. The molecular weight excluding hydrogens is 290 g/mol. The number of carbonyl (C=O) groups excluding carboxylic acids is 1. The van der Waals surface area contributed by atoms with Crippen LogP contribution in [0.5, 0.6) is 0 Å². The number of rotatable bonds is 5. The molecule has 0 aliphatic carbocycles. The summed E-state index contributed by atoms with van der Waals surface area (Å²) in [6, 6.07) is 3.48. The third-order valence-electron chi connectivity index (χ3n) is 2.81. The largest absolute Gasteiger partial charge is 0.462 e. The first-order valence-electron chi connectivity index (χ1n) is 6.80. The van der Waals surface area contributed by atoms with Gasteiger partial charge in [0.15, 0.2) is 5.82 Å². The average molecular weight is 306 g/mol. The van der Waals surface area contributed by atoms with E-state index in [1.807, 2.05) is 6.92 Å². The Morgan fingerprint density at radius 3 is 2.67 bits per heavy atom. The molecule has 0 spiro atoms. The van der Waals surface area contributed by atoms with Gasteiger partial charge in [-0.1, -0.05) is 24.9 Å². The first-order valence-corrected chi connectivity index (χ1v) is 7.18. The highest BCUT2D eigenvalue weighted by Crippen LogP contribution is 2.18. The summed E-state index contributed by atoms with van der Waals surface area (Å²) >= 11 is 5.82. The molecule has 0 radical (unpaired) electrons. The molecule has 21 heavy (non-hydrogen) atoms. The molecule has 2 rings (SSSR count). The highest BCUT2D eigenvalue weighted by atomic mass is 35.5. The SMILES string of the molecule is CCCc1nc(-c2ccc(Cl)cn2)ncc1C(=O)OCC. The first-order chi connectivity index (χ1) is 10.2. The van der Waals surface area contributed by atoms with Crippen LogP contribution in [-0.4, -0.2) is 27.5 Å². The fraction of sp³-hybridized carbons (Fsp3) is 0.333. The van der Waals surface area contributed by atoms with Crippen molar-refractivity contribution in [3.05, 3.63) is 40.8 Å². The van der Waals surface area contributed by atoms with Crippen molar-refractivity contribution >= 4 is 17.6 Å². The van der Waals surface area contributed by atoms with Crippen LogP contribution in [0.3, 0.4) is 0 Å². The van der Waals surface area contributed by atoms with Gasteiger partial charge in [-0.2, -0.15) is 0 Å². The molecule has 5 nitrogen and oxygen atoms in total. The fourth-order valence-electron chi connectivity index (χ4n) is 1.86. The Bertz CT molecular complexity index is 629. The summed E-state index contributed by atoms with van der Waals surface area (Å²) in [7, 11) is 0. The molecule has 2 heterocycles. The Kier molecular flexibility index (Phi) is 5.22. The van der Waals surface area contributed by atoms with Gasteiger partial charge >= 0.3 is 5.97 Å². The predicted molar refractivity (Wildman–Crippen MR) is 80.2 cm³/mol. The Hall–Kier alpha value is -2.01. The molecule has 6 heteroatoms. The highest BCUT2D eigenvalue weighted by Gasteiger charge is 2.16. The van der Waals surface area contributed by atoms with Crippen LogP contribution >= 0.6 is 11.6 Å². The summed E-state index contributed by atoms with van der Waals surface area (Å²) in [6.45, 7) is 4.12. The summed E-state index contributed by atoms with van der Waals surface area (Å²) in [5, 5.41) is 0.552. The lowest BCUT2D eigenvalue weighted by Gasteiger charge is -2.08. The zero-order valence-electron chi connectivity index (χ0n) is 12.0. The molecule has 0 saturated carbocycles. The fourth-order valence-corrected chi connectivity index (χ4v) is 1.97. The molecule has 0 N–H and O–H groups in total. The van der Waals surface area contributed by atoms with Gasteiger partial charge in [0, 0.05) is 12.4 Å². The second kappa shape index (κ2) is 7.13. The molecule has 0 unspecified atom stereocenters. The van der Waals surface area contributed by atoms with E-state index in [0.717, 1.165) is 6.42 Å². The van der Waals surface area contributed by atoms with E-state index in [1.165, 1.54) is 6.20 Å². The summed E-state index contributed by atoms with van der Waals surface area (Å²) < 4.78 is 5.02.